The molecule has 0 unspecified atom stereocenters. The molecule has 0 spiro atoms. The van der Waals surface area contributed by atoms with Gasteiger partial charge in [0, 0.05) is 12.1 Å². The SMILES string of the molecule is C=CC1CCC(C2CCC(C)CC2)CC1.CCCC1CCC(C2CCC(C(F)(F)Oc3cc(F)c(F)c(F)c3)CC2)CC1. The van der Waals surface area contributed by atoms with Crippen molar-refractivity contribution < 1.29 is 26.7 Å². The van der Waals surface area contributed by atoms with Gasteiger partial charge < -0.3 is 4.74 Å². The lowest BCUT2D eigenvalue weighted by atomic mass is 9.68. The van der Waals surface area contributed by atoms with Gasteiger partial charge in [0.1, 0.15) is 5.75 Å². The van der Waals surface area contributed by atoms with Gasteiger partial charge in [0.2, 0.25) is 0 Å². The second kappa shape index (κ2) is 16.1. The second-order valence-corrected chi connectivity index (χ2v) is 14.5. The molecule has 0 saturated heterocycles. The third-order valence-corrected chi connectivity index (χ3v) is 11.6. The molecule has 6 heteroatoms. The number of allylic oxidation sites excluding steroid dienone is 1. The van der Waals surface area contributed by atoms with Crippen molar-refractivity contribution in [1.29, 1.82) is 0 Å². The van der Waals surface area contributed by atoms with Crippen LogP contribution in [0.4, 0.5) is 22.0 Å². The van der Waals surface area contributed by atoms with E-state index in [0.717, 1.165) is 42.4 Å². The van der Waals surface area contributed by atoms with E-state index in [9.17, 15) is 22.0 Å². The summed E-state index contributed by atoms with van der Waals surface area (Å²) in [6.07, 6.45) is 20.0. The molecule has 4 saturated carbocycles. The molecule has 0 radical (unpaired) electrons. The molecule has 0 aromatic heterocycles. The maximum atomic E-state index is 14.5. The number of halogens is 5. The number of rotatable bonds is 8. The van der Waals surface area contributed by atoms with Crippen molar-refractivity contribution in [3.05, 3.63) is 42.2 Å². The number of hydrogen-bond acceptors (Lipinski definition) is 1. The molecule has 0 N–H and O–H groups in total. The van der Waals surface area contributed by atoms with Crippen molar-refractivity contribution in [3.63, 3.8) is 0 Å². The van der Waals surface area contributed by atoms with Gasteiger partial charge >= 0.3 is 6.11 Å². The van der Waals surface area contributed by atoms with Gasteiger partial charge in [-0.15, -0.1) is 6.58 Å². The molecule has 5 rings (SSSR count). The minimum atomic E-state index is -3.53. The summed E-state index contributed by atoms with van der Waals surface area (Å²) in [5, 5.41) is 0. The highest BCUT2D eigenvalue weighted by molar-refractivity contribution is 5.25. The monoisotopic (exact) mass is 610 g/mol. The van der Waals surface area contributed by atoms with E-state index < -0.39 is 35.2 Å². The molecule has 4 fully saturated rings. The fraction of sp³-hybridized carbons (Fsp3) is 0.784. The van der Waals surface area contributed by atoms with Crippen LogP contribution in [0, 0.1) is 64.8 Å². The Morgan fingerprint density at radius 3 is 1.63 bits per heavy atom. The first-order chi connectivity index (χ1) is 20.6. The van der Waals surface area contributed by atoms with Crippen LogP contribution in [0.2, 0.25) is 0 Å². The Morgan fingerprint density at radius 1 is 0.721 bits per heavy atom. The summed E-state index contributed by atoms with van der Waals surface area (Å²) in [4.78, 5) is 0. The molecule has 0 aliphatic heterocycles. The summed E-state index contributed by atoms with van der Waals surface area (Å²) in [6.45, 7) is 8.57. The Morgan fingerprint density at radius 2 is 1.16 bits per heavy atom. The third kappa shape index (κ3) is 9.70. The summed E-state index contributed by atoms with van der Waals surface area (Å²) in [5.41, 5.74) is 0. The molecule has 4 aliphatic rings. The molecule has 244 valence electrons. The maximum Gasteiger partial charge on any atom is 0.400 e. The van der Waals surface area contributed by atoms with Crippen molar-refractivity contribution in [2.45, 2.75) is 136 Å². The van der Waals surface area contributed by atoms with E-state index >= 15 is 0 Å². The van der Waals surface area contributed by atoms with Crippen molar-refractivity contribution in [2.75, 3.05) is 0 Å². The minimum Gasteiger partial charge on any atom is -0.432 e. The zero-order chi connectivity index (χ0) is 31.0. The molecule has 1 nitrogen and oxygen atoms in total. The summed E-state index contributed by atoms with van der Waals surface area (Å²) in [7, 11) is 0. The zero-order valence-corrected chi connectivity index (χ0v) is 26.6. The Labute approximate surface area is 257 Å². The van der Waals surface area contributed by atoms with E-state index in [1.54, 1.807) is 0 Å². The lowest BCUT2D eigenvalue weighted by Crippen LogP contribution is -2.38. The Balaban J connectivity index is 0.000000237. The van der Waals surface area contributed by atoms with Crippen LogP contribution in [0.1, 0.15) is 129 Å². The van der Waals surface area contributed by atoms with Crippen LogP contribution in [-0.4, -0.2) is 6.11 Å². The molecule has 4 aliphatic carbocycles. The molecule has 1 aromatic carbocycles. The van der Waals surface area contributed by atoms with Crippen molar-refractivity contribution in [1.82, 2.24) is 0 Å². The van der Waals surface area contributed by atoms with Crippen LogP contribution >= 0.6 is 0 Å². The second-order valence-electron chi connectivity index (χ2n) is 14.5. The standard InChI is InChI=1S/C22H29F5O.C15H26/c1-2-3-14-4-6-15(7-5-14)16-8-10-17(11-9-16)22(26,27)28-18-12-19(23)21(25)20(24)13-18;1-3-13-6-10-15(11-7-13)14-8-4-12(2)5-9-14/h12-17H,2-11H2,1H3;3,12-15H,1,4-11H2,2H3. The van der Waals surface area contributed by atoms with Gasteiger partial charge in [-0.2, -0.15) is 8.78 Å². The first-order valence-corrected chi connectivity index (χ1v) is 17.4. The van der Waals surface area contributed by atoms with E-state index in [4.69, 9.17) is 0 Å². The van der Waals surface area contributed by atoms with Gasteiger partial charge in [-0.1, -0.05) is 58.4 Å². The lowest BCUT2D eigenvalue weighted by Gasteiger charge is -2.39. The number of ether oxygens (including phenoxy) is 1. The van der Waals surface area contributed by atoms with Crippen LogP contribution < -0.4 is 4.74 Å². The highest BCUT2D eigenvalue weighted by Gasteiger charge is 2.45. The highest BCUT2D eigenvalue weighted by atomic mass is 19.3. The van der Waals surface area contributed by atoms with E-state index in [-0.39, 0.29) is 0 Å². The molecule has 43 heavy (non-hydrogen) atoms. The maximum absolute atomic E-state index is 14.5. The van der Waals surface area contributed by atoms with Crippen LogP contribution in [0.3, 0.4) is 0 Å². The fourth-order valence-corrected chi connectivity index (χ4v) is 8.72. The predicted octanol–water partition coefficient (Wildman–Crippen LogP) is 12.3. The van der Waals surface area contributed by atoms with Crippen LogP contribution in [-0.2, 0) is 0 Å². The third-order valence-electron chi connectivity index (χ3n) is 11.6. The first-order valence-electron chi connectivity index (χ1n) is 17.4. The fourth-order valence-electron chi connectivity index (χ4n) is 8.72. The number of alkyl halides is 2. The highest BCUT2D eigenvalue weighted by Crippen LogP contribution is 2.46. The van der Waals surface area contributed by atoms with Gasteiger partial charge in [-0.3, -0.25) is 0 Å². The predicted molar refractivity (Wildman–Crippen MR) is 164 cm³/mol. The van der Waals surface area contributed by atoms with Crippen molar-refractivity contribution in [3.8, 4) is 5.75 Å². The quantitative estimate of drug-likeness (QED) is 0.162. The van der Waals surface area contributed by atoms with Crippen molar-refractivity contribution in [2.24, 2.45) is 47.3 Å². The van der Waals surface area contributed by atoms with E-state index in [1.807, 2.05) is 0 Å². The number of hydrogen-bond donors (Lipinski definition) is 0. The lowest BCUT2D eigenvalue weighted by molar-refractivity contribution is -0.224. The molecular weight excluding hydrogens is 555 g/mol. The summed E-state index contributed by atoms with van der Waals surface area (Å²) >= 11 is 0. The topological polar surface area (TPSA) is 9.23 Å². The van der Waals surface area contributed by atoms with Crippen LogP contribution in [0.25, 0.3) is 0 Å². The minimum absolute atomic E-state index is 0.332. The average Bonchev–Trinajstić information content (AvgIpc) is 3.01. The Hall–Kier alpha value is -1.59. The van der Waals surface area contributed by atoms with Gasteiger partial charge in [0.05, 0.1) is 5.92 Å². The van der Waals surface area contributed by atoms with E-state index in [2.05, 4.69) is 31.2 Å². The Kier molecular flexibility index (Phi) is 12.8. The van der Waals surface area contributed by atoms with E-state index in [0.29, 0.717) is 36.8 Å². The summed E-state index contributed by atoms with van der Waals surface area (Å²) < 4.78 is 73.1. The van der Waals surface area contributed by atoms with Gasteiger partial charge in [0.15, 0.2) is 17.5 Å². The summed E-state index contributed by atoms with van der Waals surface area (Å²) in [6, 6.07) is 0.930. The van der Waals surface area contributed by atoms with Gasteiger partial charge in [-0.05, 0) is 118 Å². The van der Waals surface area contributed by atoms with Crippen LogP contribution in [0.5, 0.6) is 5.75 Å². The average molecular weight is 611 g/mol. The van der Waals surface area contributed by atoms with Crippen molar-refractivity contribution >= 4 is 0 Å². The number of benzene rings is 1. The van der Waals surface area contributed by atoms with Gasteiger partial charge in [0.25, 0.3) is 0 Å². The first kappa shape index (κ1) is 34.3. The molecule has 0 heterocycles. The normalized spacial score (nSPS) is 33.7. The van der Waals surface area contributed by atoms with Crippen LogP contribution in [0.15, 0.2) is 24.8 Å². The molecule has 0 bridgehead atoms. The molecule has 1 aromatic rings. The molecule has 0 amide bonds. The smallest absolute Gasteiger partial charge is 0.400 e. The molecule has 0 atom stereocenters. The van der Waals surface area contributed by atoms with Gasteiger partial charge in [-0.25, -0.2) is 13.2 Å². The zero-order valence-electron chi connectivity index (χ0n) is 26.6. The Bertz CT molecular complexity index is 956. The van der Waals surface area contributed by atoms with E-state index in [1.165, 1.54) is 89.9 Å². The largest absolute Gasteiger partial charge is 0.432 e. The molecular formula is C37H55F5O. The summed E-state index contributed by atoms with van der Waals surface area (Å²) in [5.74, 6) is -0.512.